The van der Waals surface area contributed by atoms with E-state index in [2.05, 4.69) is 0 Å². The summed E-state index contributed by atoms with van der Waals surface area (Å²) in [5.41, 5.74) is 4.87. The van der Waals surface area contributed by atoms with Crippen molar-refractivity contribution in [2.75, 3.05) is 0 Å². The first-order chi connectivity index (χ1) is 6.11. The van der Waals surface area contributed by atoms with Gasteiger partial charge in [0.05, 0.1) is 0 Å². The molecule has 0 aromatic rings. The lowest BCUT2D eigenvalue weighted by Gasteiger charge is -2.19. The van der Waals surface area contributed by atoms with Crippen LogP contribution in [0, 0.1) is 0 Å². The number of nitrogens with two attached hydrogens (primary N) is 1. The number of carboxylic acids is 2. The summed E-state index contributed by atoms with van der Waals surface area (Å²) in [6.45, 7) is 0. The molecule has 0 unspecified atom stereocenters. The zero-order valence-electron chi connectivity index (χ0n) is 6.87. The van der Waals surface area contributed by atoms with Gasteiger partial charge in [0, 0.05) is 12.8 Å². The summed E-state index contributed by atoms with van der Waals surface area (Å²) < 4.78 is 29.6. The third kappa shape index (κ3) is 2.65. The normalized spacial score (nSPS) is 15.9. The van der Waals surface area contributed by atoms with Crippen molar-refractivity contribution in [1.29, 1.82) is 0 Å². The quantitative estimate of drug-likeness (QED) is 0.412. The average Bonchev–Trinajstić information content (AvgIpc) is 1.97. The zero-order chi connectivity index (χ0) is 11.6. The lowest BCUT2D eigenvalue weighted by molar-refractivity contribution is -0.141. The maximum Gasteiger partial charge on any atom is 0.342 e. The fraction of sp³-hybridized carbons (Fsp3) is 0.600. The largest absolute Gasteiger partial charge is 0.481 e. The van der Waals surface area contributed by atoms with E-state index in [1.807, 2.05) is 0 Å². The minimum absolute atomic E-state index is 0.775. The highest BCUT2D eigenvalue weighted by molar-refractivity contribution is 7.88. The van der Waals surface area contributed by atoms with Crippen LogP contribution in [0.4, 0.5) is 0 Å². The summed E-state index contributed by atoms with van der Waals surface area (Å²) in [6, 6.07) is 0. The van der Waals surface area contributed by atoms with E-state index in [0.717, 1.165) is 0 Å². The Hall–Kier alpha value is -1.19. The third-order valence-electron chi connectivity index (χ3n) is 1.53. The Balaban J connectivity index is 4.95. The molecule has 82 valence electrons. The Bertz CT molecular complexity index is 347. The number of rotatable bonds is 5. The van der Waals surface area contributed by atoms with Crippen LogP contribution in [0.25, 0.3) is 0 Å². The molecule has 0 spiro atoms. The summed E-state index contributed by atoms with van der Waals surface area (Å²) in [4.78, 5) is 17.5. The monoisotopic (exact) mass is 227 g/mol. The van der Waals surface area contributed by atoms with Gasteiger partial charge in [-0.15, -0.1) is 0 Å². The Kier molecular flexibility index (Phi) is 3.57. The van der Waals surface area contributed by atoms with Crippen LogP contribution in [-0.2, 0) is 19.7 Å². The predicted octanol–water partition coefficient (Wildman–Crippen LogP) is -1.52. The first kappa shape index (κ1) is 12.8. The van der Waals surface area contributed by atoms with Crippen LogP contribution in [-0.4, -0.2) is 40.0 Å². The Morgan fingerprint density at radius 1 is 1.29 bits per heavy atom. The molecule has 0 bridgehead atoms. The molecule has 0 fully saturated rings. The van der Waals surface area contributed by atoms with Crippen molar-refractivity contribution < 1.29 is 32.8 Å². The van der Waals surface area contributed by atoms with E-state index in [9.17, 15) is 18.0 Å². The Morgan fingerprint density at radius 2 is 1.71 bits per heavy atom. The molecule has 0 saturated carbocycles. The highest BCUT2D eigenvalue weighted by Crippen LogP contribution is 2.16. The van der Waals surface area contributed by atoms with E-state index >= 15 is 0 Å². The second kappa shape index (κ2) is 3.90. The molecule has 0 aromatic heterocycles. The van der Waals surface area contributed by atoms with Crippen molar-refractivity contribution >= 4 is 22.1 Å². The summed E-state index contributed by atoms with van der Waals surface area (Å²) in [6.07, 6.45) is -1.68. The highest BCUT2D eigenvalue weighted by Gasteiger charge is 2.47. The molecule has 0 heterocycles. The van der Waals surface area contributed by atoms with Gasteiger partial charge < -0.3 is 15.9 Å². The van der Waals surface area contributed by atoms with Gasteiger partial charge in [-0.05, 0) is 0 Å². The van der Waals surface area contributed by atoms with Crippen molar-refractivity contribution in [2.45, 2.75) is 17.7 Å². The minimum Gasteiger partial charge on any atom is -0.481 e. The SMILES string of the molecule is N[C@@](CCC(=O)O)(C(=O)O)S(=O)(=O)O. The summed E-state index contributed by atoms with van der Waals surface area (Å²) >= 11 is 0. The molecular formula is C5H9NO7S. The Labute approximate surface area is 79.1 Å². The van der Waals surface area contributed by atoms with Crippen molar-refractivity contribution in [1.82, 2.24) is 0 Å². The molecule has 8 nitrogen and oxygen atoms in total. The smallest absolute Gasteiger partial charge is 0.342 e. The van der Waals surface area contributed by atoms with Gasteiger partial charge in [0.2, 0.25) is 4.87 Å². The van der Waals surface area contributed by atoms with E-state index in [-0.39, 0.29) is 0 Å². The maximum atomic E-state index is 10.6. The Morgan fingerprint density at radius 3 is 1.93 bits per heavy atom. The summed E-state index contributed by atoms with van der Waals surface area (Å²) in [5, 5.41) is 16.6. The van der Waals surface area contributed by atoms with Crippen LogP contribution >= 0.6 is 0 Å². The molecule has 9 heteroatoms. The lowest BCUT2D eigenvalue weighted by atomic mass is 10.1. The predicted molar refractivity (Wildman–Crippen MR) is 43.0 cm³/mol. The molecule has 0 rings (SSSR count). The van der Waals surface area contributed by atoms with Gasteiger partial charge in [0.15, 0.2) is 0 Å². The fourth-order valence-electron chi connectivity index (χ4n) is 0.639. The van der Waals surface area contributed by atoms with Gasteiger partial charge in [0.1, 0.15) is 0 Å². The number of carboxylic acid groups (broad SMARTS) is 2. The maximum absolute atomic E-state index is 10.6. The van der Waals surface area contributed by atoms with Crippen molar-refractivity contribution in [2.24, 2.45) is 5.73 Å². The highest BCUT2D eigenvalue weighted by atomic mass is 32.2. The minimum atomic E-state index is -5.04. The lowest BCUT2D eigenvalue weighted by Crippen LogP contribution is -2.54. The first-order valence-corrected chi connectivity index (χ1v) is 4.76. The molecule has 0 saturated heterocycles. The third-order valence-corrected chi connectivity index (χ3v) is 2.83. The van der Waals surface area contributed by atoms with Crippen LogP contribution in [0.3, 0.4) is 0 Å². The zero-order valence-corrected chi connectivity index (χ0v) is 7.69. The van der Waals surface area contributed by atoms with Gasteiger partial charge in [-0.1, -0.05) is 0 Å². The van der Waals surface area contributed by atoms with Gasteiger partial charge in [-0.25, -0.2) is 4.79 Å². The average molecular weight is 227 g/mol. The van der Waals surface area contributed by atoms with E-state index < -0.39 is 39.8 Å². The molecule has 5 N–H and O–H groups in total. The second-order valence-electron chi connectivity index (χ2n) is 2.56. The molecule has 0 amide bonds. The molecule has 1 atom stereocenters. The van der Waals surface area contributed by atoms with Crippen LogP contribution in [0.1, 0.15) is 12.8 Å². The summed E-state index contributed by atoms with van der Waals surface area (Å²) in [7, 11) is -5.04. The number of aliphatic carboxylic acids is 2. The fourth-order valence-corrected chi connectivity index (χ4v) is 1.22. The van der Waals surface area contributed by atoms with Crippen molar-refractivity contribution in [3.05, 3.63) is 0 Å². The molecular weight excluding hydrogens is 218 g/mol. The van der Waals surface area contributed by atoms with Crippen LogP contribution < -0.4 is 5.73 Å². The molecule has 14 heavy (non-hydrogen) atoms. The molecule has 0 aliphatic carbocycles. The van der Waals surface area contributed by atoms with Crippen LogP contribution in [0.5, 0.6) is 0 Å². The second-order valence-corrected chi connectivity index (χ2v) is 4.24. The number of hydrogen-bond acceptors (Lipinski definition) is 5. The molecule has 0 aromatic carbocycles. The van der Waals surface area contributed by atoms with Crippen LogP contribution in [0.15, 0.2) is 0 Å². The standard InChI is InChI=1S/C5H9NO7S/c6-5(4(9)10,14(11,12)13)2-1-3(7)8/h1-2,6H2,(H,7,8)(H,9,10)(H,11,12,13)/t5-/m1/s1. The first-order valence-electron chi connectivity index (χ1n) is 3.32. The topological polar surface area (TPSA) is 155 Å². The molecule has 0 radical (unpaired) electrons. The van der Waals surface area contributed by atoms with E-state index in [1.165, 1.54) is 0 Å². The van der Waals surface area contributed by atoms with E-state index in [0.29, 0.717) is 0 Å². The molecule has 0 aliphatic rings. The van der Waals surface area contributed by atoms with Gasteiger partial charge in [0.25, 0.3) is 10.1 Å². The number of carbonyl (C=O) groups is 2. The van der Waals surface area contributed by atoms with Crippen molar-refractivity contribution in [3.8, 4) is 0 Å². The van der Waals surface area contributed by atoms with E-state index in [1.54, 1.807) is 0 Å². The number of hydrogen-bond donors (Lipinski definition) is 4. The van der Waals surface area contributed by atoms with Gasteiger partial charge in [-0.2, -0.15) is 8.42 Å². The van der Waals surface area contributed by atoms with Crippen LogP contribution in [0.2, 0.25) is 0 Å². The van der Waals surface area contributed by atoms with Crippen molar-refractivity contribution in [3.63, 3.8) is 0 Å². The van der Waals surface area contributed by atoms with E-state index in [4.69, 9.17) is 20.5 Å². The summed E-state index contributed by atoms with van der Waals surface area (Å²) in [5.74, 6) is -3.41. The van der Waals surface area contributed by atoms with Gasteiger partial charge >= 0.3 is 11.9 Å². The molecule has 0 aliphatic heterocycles. The van der Waals surface area contributed by atoms with Gasteiger partial charge in [-0.3, -0.25) is 9.35 Å².